The molecule has 0 bridgehead atoms. The lowest BCUT2D eigenvalue weighted by Crippen LogP contribution is -2.25. The summed E-state index contributed by atoms with van der Waals surface area (Å²) < 4.78 is 11.8. The van der Waals surface area contributed by atoms with Crippen molar-refractivity contribution < 1.29 is 23.9 Å². The summed E-state index contributed by atoms with van der Waals surface area (Å²) in [6, 6.07) is 6.38. The summed E-state index contributed by atoms with van der Waals surface area (Å²) in [4.78, 5) is 36.5. The Balaban J connectivity index is 2.78. The van der Waals surface area contributed by atoms with Crippen molar-refractivity contribution in [2.24, 2.45) is 0 Å². The van der Waals surface area contributed by atoms with Crippen LogP contribution in [0.1, 0.15) is 54.1 Å². The van der Waals surface area contributed by atoms with Gasteiger partial charge in [-0.05, 0) is 26.3 Å². The molecular weight excluding hydrogens is 310 g/mol. The lowest BCUT2D eigenvalue weighted by molar-refractivity contribution is -0.147. The Morgan fingerprint density at radius 1 is 1.12 bits per heavy atom. The van der Waals surface area contributed by atoms with E-state index in [9.17, 15) is 14.4 Å². The van der Waals surface area contributed by atoms with Gasteiger partial charge in [-0.3, -0.25) is 4.79 Å². The summed E-state index contributed by atoms with van der Waals surface area (Å²) >= 11 is 0. The number of nitrogens with zero attached hydrogens (tertiary/aromatic N) is 1. The molecule has 0 fully saturated rings. The van der Waals surface area contributed by atoms with Crippen molar-refractivity contribution in [3.05, 3.63) is 35.5 Å². The van der Waals surface area contributed by atoms with Crippen molar-refractivity contribution in [1.82, 2.24) is 4.57 Å². The van der Waals surface area contributed by atoms with Crippen LogP contribution in [0.25, 0.3) is 10.9 Å². The molecule has 0 aliphatic heterocycles. The molecule has 2 aromatic rings. The van der Waals surface area contributed by atoms with E-state index in [4.69, 9.17) is 9.47 Å². The summed E-state index contributed by atoms with van der Waals surface area (Å²) in [5.41, 5.74) is 0.947. The largest absolute Gasteiger partial charge is 0.464 e. The number of para-hydroxylation sites is 1. The van der Waals surface area contributed by atoms with Gasteiger partial charge in [-0.1, -0.05) is 25.1 Å². The topological polar surface area (TPSA) is 74.6 Å². The maximum Gasteiger partial charge on any atom is 0.355 e. The fourth-order valence-corrected chi connectivity index (χ4v) is 2.83. The summed E-state index contributed by atoms with van der Waals surface area (Å²) in [5.74, 6) is -1.07. The standard InChI is InChI=1S/C18H21NO5/c1-4-14(17(21)23-5-2)19-15-10-8-7-9-12(15)13(11-20)16(19)18(22)24-6-3/h7-11,14H,4-6H2,1-3H3/t14-/m0/s1. The Labute approximate surface area is 140 Å². The predicted molar refractivity (Wildman–Crippen MR) is 89.2 cm³/mol. The van der Waals surface area contributed by atoms with Crippen LogP contribution in [-0.2, 0) is 14.3 Å². The molecule has 0 saturated heterocycles. The zero-order valence-corrected chi connectivity index (χ0v) is 14.1. The maximum atomic E-state index is 12.5. The minimum Gasteiger partial charge on any atom is -0.464 e. The molecule has 1 aromatic heterocycles. The number of carbonyl (C=O) groups excluding carboxylic acids is 3. The van der Waals surface area contributed by atoms with Crippen LogP contribution in [0.15, 0.2) is 24.3 Å². The maximum absolute atomic E-state index is 12.5. The van der Waals surface area contributed by atoms with Crippen molar-refractivity contribution in [2.75, 3.05) is 13.2 Å². The number of rotatable bonds is 7. The number of carbonyl (C=O) groups is 3. The number of aldehydes is 1. The molecule has 6 heteroatoms. The highest BCUT2D eigenvalue weighted by Crippen LogP contribution is 2.31. The van der Waals surface area contributed by atoms with Crippen LogP contribution in [0.3, 0.4) is 0 Å². The van der Waals surface area contributed by atoms with E-state index in [1.807, 2.05) is 6.92 Å². The third-order valence-corrected chi connectivity index (χ3v) is 3.79. The molecule has 1 aromatic carbocycles. The second kappa shape index (κ2) is 7.77. The summed E-state index contributed by atoms with van der Waals surface area (Å²) in [6.07, 6.45) is 1.05. The van der Waals surface area contributed by atoms with Crippen LogP contribution in [0.4, 0.5) is 0 Å². The molecule has 0 aliphatic rings. The average Bonchev–Trinajstić information content (AvgIpc) is 2.91. The second-order valence-corrected chi connectivity index (χ2v) is 5.16. The summed E-state index contributed by atoms with van der Waals surface area (Å²) in [5, 5.41) is 0.610. The van der Waals surface area contributed by atoms with Crippen molar-refractivity contribution >= 4 is 29.1 Å². The van der Waals surface area contributed by atoms with Crippen molar-refractivity contribution in [3.8, 4) is 0 Å². The molecule has 128 valence electrons. The molecule has 0 aliphatic carbocycles. The Morgan fingerprint density at radius 3 is 2.38 bits per heavy atom. The molecule has 0 unspecified atom stereocenters. The van der Waals surface area contributed by atoms with Crippen LogP contribution in [0.2, 0.25) is 0 Å². The van der Waals surface area contributed by atoms with Gasteiger partial charge in [-0.25, -0.2) is 9.59 Å². The van der Waals surface area contributed by atoms with Gasteiger partial charge in [-0.2, -0.15) is 0 Å². The highest BCUT2D eigenvalue weighted by atomic mass is 16.5. The van der Waals surface area contributed by atoms with Crippen LogP contribution >= 0.6 is 0 Å². The lowest BCUT2D eigenvalue weighted by Gasteiger charge is -2.19. The molecule has 0 spiro atoms. The third-order valence-electron chi connectivity index (χ3n) is 3.79. The zero-order valence-electron chi connectivity index (χ0n) is 14.1. The predicted octanol–water partition coefficient (Wildman–Crippen LogP) is 3.14. The highest BCUT2D eigenvalue weighted by molar-refractivity contribution is 6.09. The van der Waals surface area contributed by atoms with Gasteiger partial charge in [0.05, 0.1) is 24.3 Å². The second-order valence-electron chi connectivity index (χ2n) is 5.16. The zero-order chi connectivity index (χ0) is 17.7. The Kier molecular flexibility index (Phi) is 5.73. The number of benzene rings is 1. The SMILES string of the molecule is CCOC(=O)c1c(C=O)c2ccccc2n1[C@@H](CC)C(=O)OCC. The van der Waals surface area contributed by atoms with Gasteiger partial charge in [0.15, 0.2) is 6.29 Å². The molecule has 24 heavy (non-hydrogen) atoms. The fraction of sp³-hybridized carbons (Fsp3) is 0.389. The van der Waals surface area contributed by atoms with E-state index in [1.54, 1.807) is 42.7 Å². The van der Waals surface area contributed by atoms with E-state index in [0.717, 1.165) is 0 Å². The van der Waals surface area contributed by atoms with Gasteiger partial charge in [0, 0.05) is 5.39 Å². The number of aromatic nitrogens is 1. The van der Waals surface area contributed by atoms with Crippen LogP contribution in [-0.4, -0.2) is 36.0 Å². The number of fused-ring (bicyclic) bond motifs is 1. The molecule has 0 saturated carbocycles. The molecule has 0 radical (unpaired) electrons. The van der Waals surface area contributed by atoms with E-state index < -0.39 is 18.0 Å². The fourth-order valence-electron chi connectivity index (χ4n) is 2.83. The van der Waals surface area contributed by atoms with Crippen molar-refractivity contribution in [3.63, 3.8) is 0 Å². The molecule has 1 heterocycles. The smallest absolute Gasteiger partial charge is 0.355 e. The van der Waals surface area contributed by atoms with Gasteiger partial charge in [0.1, 0.15) is 11.7 Å². The molecule has 6 nitrogen and oxygen atoms in total. The number of esters is 2. The van der Waals surface area contributed by atoms with Crippen molar-refractivity contribution in [1.29, 1.82) is 0 Å². The van der Waals surface area contributed by atoms with Gasteiger partial charge < -0.3 is 14.0 Å². The van der Waals surface area contributed by atoms with E-state index in [-0.39, 0.29) is 24.5 Å². The first-order chi connectivity index (χ1) is 11.6. The van der Waals surface area contributed by atoms with E-state index in [2.05, 4.69) is 0 Å². The Bertz CT molecular complexity index is 762. The average molecular weight is 331 g/mol. The van der Waals surface area contributed by atoms with E-state index >= 15 is 0 Å². The monoisotopic (exact) mass is 331 g/mol. The highest BCUT2D eigenvalue weighted by Gasteiger charge is 2.31. The molecule has 2 rings (SSSR count). The molecule has 0 amide bonds. The third kappa shape index (κ3) is 3.04. The van der Waals surface area contributed by atoms with Gasteiger partial charge in [-0.15, -0.1) is 0 Å². The normalized spacial score (nSPS) is 12.0. The van der Waals surface area contributed by atoms with Gasteiger partial charge >= 0.3 is 11.9 Å². The Morgan fingerprint density at radius 2 is 1.79 bits per heavy atom. The lowest BCUT2D eigenvalue weighted by atomic mass is 10.1. The number of hydrogen-bond donors (Lipinski definition) is 0. The van der Waals surface area contributed by atoms with Crippen molar-refractivity contribution in [2.45, 2.75) is 33.2 Å². The van der Waals surface area contributed by atoms with Crippen LogP contribution < -0.4 is 0 Å². The number of hydrogen-bond acceptors (Lipinski definition) is 5. The first-order valence-corrected chi connectivity index (χ1v) is 8.02. The number of ether oxygens (including phenoxy) is 2. The molecule has 0 N–H and O–H groups in total. The quantitative estimate of drug-likeness (QED) is 0.575. The molecular formula is C18H21NO5. The van der Waals surface area contributed by atoms with Crippen LogP contribution in [0.5, 0.6) is 0 Å². The molecule has 1 atom stereocenters. The minimum absolute atomic E-state index is 0.0907. The van der Waals surface area contributed by atoms with Gasteiger partial charge in [0.2, 0.25) is 0 Å². The first-order valence-electron chi connectivity index (χ1n) is 8.02. The van der Waals surface area contributed by atoms with Crippen LogP contribution in [0, 0.1) is 0 Å². The van der Waals surface area contributed by atoms with E-state index in [0.29, 0.717) is 23.6 Å². The summed E-state index contributed by atoms with van der Waals surface area (Å²) in [7, 11) is 0. The summed E-state index contributed by atoms with van der Waals surface area (Å²) in [6.45, 7) is 5.65. The van der Waals surface area contributed by atoms with Gasteiger partial charge in [0.25, 0.3) is 0 Å². The van der Waals surface area contributed by atoms with E-state index in [1.165, 1.54) is 0 Å². The first kappa shape index (κ1) is 17.7. The Hall–Kier alpha value is -2.63. The minimum atomic E-state index is -0.706.